The van der Waals surface area contributed by atoms with Crippen molar-refractivity contribution in [2.24, 2.45) is 0 Å². The standard InChI is InChI=1S/C51H32B3N3O10S/c52-34-31(40(61)44(65)43(64)36(34)54)49-55-50(32-35(53)42(63)46(67)45(66)41(32)62)57-51(56-49)33-38(59)29(22-12-5-2-6-13-22)37(58)30(39(33)60)28-19-9-18-27-26-17-8-16-25(47(26)68-48(27)28)24-15-7-14-23(20-24)21-10-3-1-4-11-21/h1-12,14-20,22,58-67H,13H2. The third-order valence-electron chi connectivity index (χ3n) is 12.1. The topological polar surface area (TPSA) is 241 Å². The third kappa shape index (κ3) is 6.69. The number of rotatable bonds is 7. The van der Waals surface area contributed by atoms with Crippen LogP contribution in [0.2, 0.25) is 0 Å². The first-order valence-electron chi connectivity index (χ1n) is 20.8. The molecule has 68 heavy (non-hydrogen) atoms. The van der Waals surface area contributed by atoms with Gasteiger partial charge < -0.3 is 51.1 Å². The van der Waals surface area contributed by atoms with Crippen molar-refractivity contribution >= 4 is 71.4 Å². The summed E-state index contributed by atoms with van der Waals surface area (Å²) < 4.78 is 1.57. The second-order valence-electron chi connectivity index (χ2n) is 16.0. The lowest BCUT2D eigenvalue weighted by molar-refractivity contribution is 0.348. The van der Waals surface area contributed by atoms with E-state index < -0.39 is 114 Å². The highest BCUT2D eigenvalue weighted by Gasteiger charge is 2.34. The molecule has 0 fully saturated rings. The number of aromatic nitrogens is 3. The van der Waals surface area contributed by atoms with Crippen LogP contribution in [0.5, 0.6) is 57.5 Å². The number of hydrogen-bond donors (Lipinski definition) is 10. The predicted octanol–water partition coefficient (Wildman–Crippen LogP) is 7.28. The van der Waals surface area contributed by atoms with Crippen LogP contribution in [-0.2, 0) is 0 Å². The van der Waals surface area contributed by atoms with Crippen LogP contribution < -0.4 is 16.4 Å². The number of benzene rings is 7. The van der Waals surface area contributed by atoms with Gasteiger partial charge in [-0.25, -0.2) is 15.0 Å². The number of aromatic hydroxyl groups is 10. The van der Waals surface area contributed by atoms with Gasteiger partial charge in [0.2, 0.25) is 11.5 Å². The van der Waals surface area contributed by atoms with Gasteiger partial charge in [-0.05, 0) is 40.2 Å². The van der Waals surface area contributed by atoms with E-state index >= 15 is 0 Å². The molecule has 0 aliphatic heterocycles. The van der Waals surface area contributed by atoms with Crippen molar-refractivity contribution in [2.75, 3.05) is 0 Å². The summed E-state index contributed by atoms with van der Waals surface area (Å²) in [5.74, 6) is -12.4. The minimum atomic E-state index is -1.23. The molecular formula is C51H32B3N3O10S. The second kappa shape index (κ2) is 16.4. The van der Waals surface area contributed by atoms with E-state index in [0.717, 1.165) is 37.7 Å². The van der Waals surface area contributed by atoms with Gasteiger partial charge in [-0.3, -0.25) is 0 Å². The van der Waals surface area contributed by atoms with E-state index in [9.17, 15) is 51.1 Å². The number of nitrogens with zero attached hydrogens (tertiary/aromatic N) is 3. The second-order valence-corrected chi connectivity index (χ2v) is 17.0. The van der Waals surface area contributed by atoms with Crippen LogP contribution in [0.1, 0.15) is 17.9 Å². The van der Waals surface area contributed by atoms with Crippen LogP contribution in [0.3, 0.4) is 0 Å². The van der Waals surface area contributed by atoms with E-state index in [1.165, 1.54) is 11.3 Å². The molecule has 6 radical (unpaired) electrons. The summed E-state index contributed by atoms with van der Waals surface area (Å²) in [5, 5.41) is 114. The molecule has 1 aliphatic rings. The van der Waals surface area contributed by atoms with Crippen LogP contribution in [0.4, 0.5) is 0 Å². The van der Waals surface area contributed by atoms with Crippen LogP contribution in [0.15, 0.2) is 115 Å². The molecule has 0 saturated heterocycles. The van der Waals surface area contributed by atoms with Gasteiger partial charge in [0.15, 0.2) is 46.2 Å². The quantitative estimate of drug-likeness (QED) is 0.0430. The number of thiophene rings is 1. The monoisotopic (exact) mass is 911 g/mol. The van der Waals surface area contributed by atoms with Gasteiger partial charge in [-0.1, -0.05) is 120 Å². The molecular weight excluding hydrogens is 879 g/mol. The van der Waals surface area contributed by atoms with Crippen molar-refractivity contribution in [1.29, 1.82) is 0 Å². The molecule has 1 unspecified atom stereocenters. The molecule has 2 heterocycles. The predicted molar refractivity (Wildman–Crippen MR) is 264 cm³/mol. The largest absolute Gasteiger partial charge is 0.507 e. The Morgan fingerprint density at radius 1 is 0.426 bits per heavy atom. The molecule has 9 aromatic rings. The molecule has 10 rings (SSSR count). The summed E-state index contributed by atoms with van der Waals surface area (Å²) in [6.07, 6.45) is 7.36. The minimum Gasteiger partial charge on any atom is -0.507 e. The third-order valence-corrected chi connectivity index (χ3v) is 13.4. The lowest BCUT2D eigenvalue weighted by Crippen LogP contribution is -2.28. The molecule has 1 atom stereocenters. The normalized spacial score (nSPS) is 13.4. The fraction of sp³-hybridized carbons (Fsp3) is 0.0392. The molecule has 1 aliphatic carbocycles. The summed E-state index contributed by atoms with van der Waals surface area (Å²) in [7, 11) is 18.4. The fourth-order valence-corrected chi connectivity index (χ4v) is 10.1. The average molecular weight is 911 g/mol. The Morgan fingerprint density at radius 2 is 0.941 bits per heavy atom. The highest BCUT2D eigenvalue weighted by molar-refractivity contribution is 7.26. The number of allylic oxidation sites excluding steroid dienone is 4. The highest BCUT2D eigenvalue weighted by Crippen LogP contribution is 2.57. The van der Waals surface area contributed by atoms with Crippen LogP contribution in [0.25, 0.3) is 87.7 Å². The zero-order valence-electron chi connectivity index (χ0n) is 35.2. The van der Waals surface area contributed by atoms with Gasteiger partial charge >= 0.3 is 0 Å². The number of phenols is 10. The first kappa shape index (κ1) is 43.3. The van der Waals surface area contributed by atoms with Gasteiger partial charge in [0.05, 0.1) is 16.7 Å². The van der Waals surface area contributed by atoms with Crippen molar-refractivity contribution in [3.05, 3.63) is 121 Å². The van der Waals surface area contributed by atoms with E-state index in [2.05, 4.69) is 21.0 Å². The number of phenolic OH excluding ortho intramolecular Hbond substituents is 10. The Kier molecular flexibility index (Phi) is 10.5. The Hall–Kier alpha value is -8.56. The lowest BCUT2D eigenvalue weighted by atomic mass is 9.76. The number of hydrogen-bond acceptors (Lipinski definition) is 14. The maximum absolute atomic E-state index is 12.7. The molecule has 0 saturated carbocycles. The Labute approximate surface area is 394 Å². The maximum Gasteiger partial charge on any atom is 0.205 e. The molecule has 326 valence electrons. The first-order chi connectivity index (χ1) is 32.7. The smallest absolute Gasteiger partial charge is 0.205 e. The molecule has 0 spiro atoms. The molecule has 2 aromatic heterocycles. The summed E-state index contributed by atoms with van der Waals surface area (Å²) in [6.45, 7) is 0. The minimum absolute atomic E-state index is 0.0513. The van der Waals surface area contributed by atoms with Crippen LogP contribution in [-0.4, -0.2) is 89.6 Å². The molecule has 7 aromatic carbocycles. The van der Waals surface area contributed by atoms with Crippen LogP contribution >= 0.6 is 11.3 Å². The molecule has 0 bridgehead atoms. The zero-order valence-corrected chi connectivity index (χ0v) is 36.0. The van der Waals surface area contributed by atoms with Crippen molar-refractivity contribution in [1.82, 2.24) is 15.0 Å². The summed E-state index contributed by atoms with van der Waals surface area (Å²) >= 11 is 1.43. The Bertz CT molecular complexity index is 3530. The first-order valence-corrected chi connectivity index (χ1v) is 21.6. The van der Waals surface area contributed by atoms with Crippen molar-refractivity contribution in [3.63, 3.8) is 0 Å². The van der Waals surface area contributed by atoms with Crippen molar-refractivity contribution < 1.29 is 51.1 Å². The fourth-order valence-electron chi connectivity index (χ4n) is 8.71. The lowest BCUT2D eigenvalue weighted by Gasteiger charge is -2.23. The van der Waals surface area contributed by atoms with Gasteiger partial charge in [-0.15, -0.1) is 11.3 Å². The molecule has 0 amide bonds. The Morgan fingerprint density at radius 3 is 1.59 bits per heavy atom. The molecule has 10 N–H and O–H groups in total. The van der Waals surface area contributed by atoms with Gasteiger partial charge in [0, 0.05) is 37.2 Å². The van der Waals surface area contributed by atoms with Crippen molar-refractivity contribution in [3.8, 4) is 125 Å². The number of fused-ring (bicyclic) bond motifs is 3. The highest BCUT2D eigenvalue weighted by atomic mass is 32.1. The zero-order chi connectivity index (χ0) is 47.9. The van der Waals surface area contributed by atoms with E-state index in [0.29, 0.717) is 16.7 Å². The van der Waals surface area contributed by atoms with E-state index in [-0.39, 0.29) is 11.1 Å². The van der Waals surface area contributed by atoms with Gasteiger partial charge in [0.1, 0.15) is 46.4 Å². The van der Waals surface area contributed by atoms with Gasteiger partial charge in [-0.2, -0.15) is 0 Å². The average Bonchev–Trinajstić information content (AvgIpc) is 3.74. The Balaban J connectivity index is 1.27. The van der Waals surface area contributed by atoms with E-state index in [1.807, 2.05) is 78.9 Å². The molecule has 17 heteroatoms. The SMILES string of the molecule is [B]c1c([B])c(-c2nc(-c3c([B])c(O)c(O)c(O)c3O)nc(-c3c(O)c(-c4cccc5c4sc4c(-c6cccc(-c7ccccc7)c6)cccc45)c(O)c(C4C=CC=CC4)c3O)n2)c(O)c(O)c1O. The summed E-state index contributed by atoms with van der Waals surface area (Å²) in [5.41, 5.74) is 0.391. The summed E-state index contributed by atoms with van der Waals surface area (Å²) in [6, 6.07) is 29.5. The summed E-state index contributed by atoms with van der Waals surface area (Å²) in [4.78, 5) is 13.2. The maximum atomic E-state index is 12.7. The van der Waals surface area contributed by atoms with Crippen LogP contribution in [0, 0.1) is 0 Å². The van der Waals surface area contributed by atoms with Crippen molar-refractivity contribution in [2.45, 2.75) is 12.3 Å². The van der Waals surface area contributed by atoms with Gasteiger partial charge in [0.25, 0.3) is 0 Å². The molecule has 13 nitrogen and oxygen atoms in total. The van der Waals surface area contributed by atoms with E-state index in [1.54, 1.807) is 30.4 Å². The van der Waals surface area contributed by atoms with E-state index in [4.69, 9.17) is 23.5 Å².